The molecule has 0 radical (unpaired) electrons. The zero-order valence-corrected chi connectivity index (χ0v) is 15.5. The molecule has 7 heteroatoms. The minimum Gasteiger partial charge on any atom is -0.465 e. The molecule has 0 N–H and O–H groups in total. The van der Waals surface area contributed by atoms with Crippen LogP contribution in [0.4, 0.5) is 13.2 Å². The van der Waals surface area contributed by atoms with Crippen molar-refractivity contribution in [1.29, 1.82) is 0 Å². The highest BCUT2D eigenvalue weighted by Gasteiger charge is 2.29. The van der Waals surface area contributed by atoms with E-state index in [9.17, 15) is 18.0 Å². The lowest BCUT2D eigenvalue weighted by molar-refractivity contribution is -0.137. The average molecular weight is 406 g/mol. The summed E-state index contributed by atoms with van der Waals surface area (Å²) in [7, 11) is 1.29. The van der Waals surface area contributed by atoms with E-state index in [0.29, 0.717) is 33.8 Å². The van der Waals surface area contributed by atoms with Crippen LogP contribution in [0.1, 0.15) is 27.0 Å². The highest BCUT2D eigenvalue weighted by Crippen LogP contribution is 2.31. The van der Waals surface area contributed by atoms with Crippen LogP contribution >= 0.6 is 11.6 Å². The molecule has 0 atom stereocenters. The highest BCUT2D eigenvalue weighted by molar-refractivity contribution is 6.30. The molecule has 1 heterocycles. The molecular weight excluding hydrogens is 391 g/mol. The van der Waals surface area contributed by atoms with Gasteiger partial charge in [0.25, 0.3) is 0 Å². The van der Waals surface area contributed by atoms with Crippen molar-refractivity contribution in [2.75, 3.05) is 7.11 Å². The largest absolute Gasteiger partial charge is 0.465 e. The van der Waals surface area contributed by atoms with Gasteiger partial charge in [-0.1, -0.05) is 29.8 Å². The number of esters is 1. The number of hydrogen-bond acceptors (Lipinski definition) is 3. The summed E-state index contributed by atoms with van der Waals surface area (Å²) in [6, 6.07) is 13.4. The molecule has 1 aromatic heterocycles. The number of pyridine rings is 1. The lowest BCUT2D eigenvalue weighted by atomic mass is 9.95. The zero-order valence-electron chi connectivity index (χ0n) is 14.8. The van der Waals surface area contributed by atoms with E-state index in [2.05, 4.69) is 4.98 Å². The molecule has 3 rings (SSSR count). The Bertz CT molecular complexity index is 984. The lowest BCUT2D eigenvalue weighted by Crippen LogP contribution is -2.05. The molecule has 144 valence electrons. The molecule has 0 amide bonds. The van der Waals surface area contributed by atoms with Crippen LogP contribution in [0, 0.1) is 0 Å². The van der Waals surface area contributed by atoms with E-state index < -0.39 is 17.7 Å². The Morgan fingerprint density at radius 2 is 1.79 bits per heavy atom. The number of carbonyl (C=O) groups is 1. The van der Waals surface area contributed by atoms with Crippen molar-refractivity contribution in [2.45, 2.75) is 12.6 Å². The third-order valence-electron chi connectivity index (χ3n) is 4.21. The molecule has 0 spiro atoms. The van der Waals surface area contributed by atoms with Crippen molar-refractivity contribution < 1.29 is 22.7 Å². The van der Waals surface area contributed by atoms with Crippen molar-refractivity contribution in [1.82, 2.24) is 4.98 Å². The Labute approximate surface area is 164 Å². The van der Waals surface area contributed by atoms with Gasteiger partial charge < -0.3 is 4.74 Å². The van der Waals surface area contributed by atoms with Gasteiger partial charge >= 0.3 is 12.1 Å². The number of alkyl halides is 3. The van der Waals surface area contributed by atoms with Crippen molar-refractivity contribution in [3.8, 4) is 11.3 Å². The van der Waals surface area contributed by atoms with Crippen LogP contribution in [-0.4, -0.2) is 18.1 Å². The second kappa shape index (κ2) is 8.02. The first kappa shape index (κ1) is 19.9. The van der Waals surface area contributed by atoms with E-state index >= 15 is 0 Å². The summed E-state index contributed by atoms with van der Waals surface area (Å²) < 4.78 is 43.0. The predicted octanol–water partition coefficient (Wildman–Crippen LogP) is 5.80. The molecule has 0 aliphatic carbocycles. The minimum atomic E-state index is -4.38. The Hall–Kier alpha value is -2.86. The monoisotopic (exact) mass is 405 g/mol. The van der Waals surface area contributed by atoms with E-state index in [-0.39, 0.29) is 0 Å². The molecule has 28 heavy (non-hydrogen) atoms. The lowest BCUT2D eigenvalue weighted by Gasteiger charge is -2.12. The predicted molar refractivity (Wildman–Crippen MR) is 100 cm³/mol. The van der Waals surface area contributed by atoms with Crippen LogP contribution in [0.15, 0.2) is 60.8 Å². The highest BCUT2D eigenvalue weighted by atomic mass is 35.5. The molecule has 2 aromatic carbocycles. The van der Waals surface area contributed by atoms with E-state index in [1.54, 1.807) is 30.3 Å². The van der Waals surface area contributed by atoms with Crippen LogP contribution in [0.5, 0.6) is 0 Å². The first-order valence-electron chi connectivity index (χ1n) is 8.27. The topological polar surface area (TPSA) is 39.2 Å². The van der Waals surface area contributed by atoms with Crippen molar-refractivity contribution in [3.63, 3.8) is 0 Å². The van der Waals surface area contributed by atoms with Gasteiger partial charge in [-0.25, -0.2) is 4.79 Å². The molecule has 3 aromatic rings. The van der Waals surface area contributed by atoms with Gasteiger partial charge in [-0.3, -0.25) is 4.98 Å². The van der Waals surface area contributed by atoms with Crippen molar-refractivity contribution in [2.24, 2.45) is 0 Å². The van der Waals surface area contributed by atoms with Gasteiger partial charge in [0, 0.05) is 11.8 Å². The number of ether oxygens (including phenoxy) is 1. The van der Waals surface area contributed by atoms with Gasteiger partial charge in [-0.2, -0.15) is 13.2 Å². The molecule has 0 unspecified atom stereocenters. The number of methoxy groups -OCH3 is 1. The summed E-state index contributed by atoms with van der Waals surface area (Å²) in [5.41, 5.74) is 2.44. The van der Waals surface area contributed by atoms with E-state index in [0.717, 1.165) is 17.7 Å². The number of aromatic nitrogens is 1. The van der Waals surface area contributed by atoms with E-state index in [1.807, 2.05) is 0 Å². The van der Waals surface area contributed by atoms with Crippen molar-refractivity contribution >= 4 is 17.6 Å². The molecule has 0 saturated heterocycles. The summed E-state index contributed by atoms with van der Waals surface area (Å²) in [6.07, 6.45) is -2.51. The number of benzene rings is 2. The van der Waals surface area contributed by atoms with E-state index in [4.69, 9.17) is 16.3 Å². The Balaban J connectivity index is 2.00. The number of carbonyl (C=O) groups excluding carboxylic acids is 1. The molecular formula is C21H15ClF3NO2. The van der Waals surface area contributed by atoms with Gasteiger partial charge in [0.15, 0.2) is 0 Å². The van der Waals surface area contributed by atoms with Gasteiger partial charge in [0.2, 0.25) is 0 Å². The summed E-state index contributed by atoms with van der Waals surface area (Å²) >= 11 is 5.90. The Morgan fingerprint density at radius 3 is 2.36 bits per heavy atom. The minimum absolute atomic E-state index is 0.352. The molecule has 0 aliphatic heterocycles. The maximum atomic E-state index is 12.8. The third kappa shape index (κ3) is 4.51. The van der Waals surface area contributed by atoms with Crippen LogP contribution in [0.3, 0.4) is 0 Å². The quantitative estimate of drug-likeness (QED) is 0.515. The van der Waals surface area contributed by atoms with Crippen LogP contribution in [0.25, 0.3) is 11.3 Å². The first-order valence-corrected chi connectivity index (χ1v) is 8.65. The number of halogens is 4. The first-order chi connectivity index (χ1) is 13.3. The average Bonchev–Trinajstić information content (AvgIpc) is 2.68. The molecule has 3 nitrogen and oxygen atoms in total. The Kier molecular flexibility index (Phi) is 5.70. The molecule has 0 aliphatic rings. The molecule has 0 saturated carbocycles. The summed E-state index contributed by atoms with van der Waals surface area (Å²) in [5, 5.41) is 0.470. The summed E-state index contributed by atoms with van der Waals surface area (Å²) in [4.78, 5) is 16.2. The van der Waals surface area contributed by atoms with Gasteiger partial charge in [0.1, 0.15) is 0 Å². The van der Waals surface area contributed by atoms with Crippen LogP contribution in [-0.2, 0) is 17.3 Å². The van der Waals surface area contributed by atoms with Gasteiger partial charge in [-0.05, 0) is 53.9 Å². The van der Waals surface area contributed by atoms with Crippen LogP contribution in [0.2, 0.25) is 5.02 Å². The fraction of sp³-hybridized carbons (Fsp3) is 0.143. The fourth-order valence-electron chi connectivity index (χ4n) is 2.78. The fourth-order valence-corrected chi connectivity index (χ4v) is 2.89. The number of nitrogens with zero attached hydrogens (tertiary/aromatic N) is 1. The summed E-state index contributed by atoms with van der Waals surface area (Å²) in [5.74, 6) is -0.490. The van der Waals surface area contributed by atoms with E-state index in [1.165, 1.54) is 25.4 Å². The summed E-state index contributed by atoms with van der Waals surface area (Å²) in [6.45, 7) is 0. The second-order valence-corrected chi connectivity index (χ2v) is 6.53. The van der Waals surface area contributed by atoms with Gasteiger partial charge in [0.05, 0.1) is 29.0 Å². The smallest absolute Gasteiger partial charge is 0.416 e. The molecule has 0 bridgehead atoms. The molecule has 0 fully saturated rings. The second-order valence-electron chi connectivity index (χ2n) is 6.10. The number of hydrogen-bond donors (Lipinski definition) is 0. The Morgan fingerprint density at radius 1 is 1.07 bits per heavy atom. The maximum absolute atomic E-state index is 12.8. The zero-order chi connectivity index (χ0) is 20.3. The number of rotatable bonds is 4. The maximum Gasteiger partial charge on any atom is 0.416 e. The third-order valence-corrected chi connectivity index (χ3v) is 4.43. The normalized spacial score (nSPS) is 11.3. The van der Waals surface area contributed by atoms with Gasteiger partial charge in [-0.15, -0.1) is 0 Å². The van der Waals surface area contributed by atoms with Crippen LogP contribution < -0.4 is 0 Å². The standard InChI is InChI=1S/C21H15ClF3NO2/c1-28-20(27)15-5-4-14(18(11-15)19-9-8-17(22)12-26-19)10-13-2-6-16(7-3-13)21(23,24)25/h2-9,11-12H,10H2,1H3. The van der Waals surface area contributed by atoms with Crippen molar-refractivity contribution in [3.05, 3.63) is 88.1 Å². The SMILES string of the molecule is COC(=O)c1ccc(Cc2ccc(C(F)(F)F)cc2)c(-c2ccc(Cl)cn2)c1.